The number of aromatic amines is 1. The van der Waals surface area contributed by atoms with Gasteiger partial charge in [0.05, 0.1) is 17.5 Å². The Morgan fingerprint density at radius 2 is 1.68 bits per heavy atom. The number of phenols is 1. The van der Waals surface area contributed by atoms with Crippen LogP contribution in [0.3, 0.4) is 0 Å². The minimum absolute atomic E-state index is 0.639. The molecule has 0 spiro atoms. The first-order valence-electron chi connectivity index (χ1n) is 4.68. The summed E-state index contributed by atoms with van der Waals surface area (Å²) in [5.74, 6) is -11.5. The van der Waals surface area contributed by atoms with Crippen molar-refractivity contribution in [1.82, 2.24) is 10.2 Å². The molecule has 0 aliphatic carbocycles. The van der Waals surface area contributed by atoms with Crippen LogP contribution in [0.15, 0.2) is 6.20 Å². The zero-order valence-corrected chi connectivity index (χ0v) is 8.84. The van der Waals surface area contributed by atoms with Gasteiger partial charge in [0, 0.05) is 0 Å². The Kier molecular flexibility index (Phi) is 2.89. The molecule has 0 saturated heterocycles. The monoisotopic (exact) mass is 276 g/mol. The average molecular weight is 276 g/mol. The second-order valence-corrected chi connectivity index (χ2v) is 3.44. The first-order valence-corrected chi connectivity index (χ1v) is 4.68. The lowest BCUT2D eigenvalue weighted by Gasteiger charge is -2.08. The minimum atomic E-state index is -2.20. The van der Waals surface area contributed by atoms with E-state index in [9.17, 15) is 27.5 Å². The standard InChI is InChI=1S/C10H4F4N2O3/c11-4-3(8-2(10(18)19)1-15-16-8)9(17)7(14)6(13)5(4)12/h1,17H,(H,15,16)(H,18,19). The summed E-state index contributed by atoms with van der Waals surface area (Å²) in [6.07, 6.45) is 0.746. The van der Waals surface area contributed by atoms with Crippen LogP contribution in [0.4, 0.5) is 17.6 Å². The summed E-state index contributed by atoms with van der Waals surface area (Å²) in [5.41, 5.74) is -2.47. The number of aromatic carboxylic acids is 1. The molecule has 1 aromatic carbocycles. The number of H-pyrrole nitrogens is 1. The summed E-state index contributed by atoms with van der Waals surface area (Å²) in [6.45, 7) is 0. The largest absolute Gasteiger partial charge is 0.504 e. The number of aromatic hydroxyl groups is 1. The Bertz CT molecular complexity index is 655. The predicted molar refractivity (Wildman–Crippen MR) is 52.5 cm³/mol. The second-order valence-electron chi connectivity index (χ2n) is 3.44. The topological polar surface area (TPSA) is 86.2 Å². The number of hydrogen-bond acceptors (Lipinski definition) is 3. The molecule has 1 aromatic heterocycles. The molecule has 9 heteroatoms. The molecule has 0 amide bonds. The highest BCUT2D eigenvalue weighted by molar-refractivity contribution is 5.95. The van der Waals surface area contributed by atoms with E-state index in [4.69, 9.17) is 5.11 Å². The number of carboxylic acids is 1. The Hall–Kier alpha value is -2.58. The van der Waals surface area contributed by atoms with Crippen LogP contribution in [0.1, 0.15) is 10.4 Å². The third-order valence-corrected chi connectivity index (χ3v) is 2.36. The van der Waals surface area contributed by atoms with Gasteiger partial charge in [0.2, 0.25) is 11.6 Å². The van der Waals surface area contributed by atoms with Crippen LogP contribution in [0.5, 0.6) is 5.75 Å². The molecular weight excluding hydrogens is 272 g/mol. The normalized spacial score (nSPS) is 10.7. The number of hydrogen-bond donors (Lipinski definition) is 3. The van der Waals surface area contributed by atoms with Crippen LogP contribution >= 0.6 is 0 Å². The van der Waals surface area contributed by atoms with Gasteiger partial charge in [-0.3, -0.25) is 5.10 Å². The summed E-state index contributed by atoms with van der Waals surface area (Å²) in [6, 6.07) is 0. The summed E-state index contributed by atoms with van der Waals surface area (Å²) >= 11 is 0. The van der Waals surface area contributed by atoms with Gasteiger partial charge in [0.25, 0.3) is 0 Å². The van der Waals surface area contributed by atoms with Crippen LogP contribution in [0.2, 0.25) is 0 Å². The fourth-order valence-electron chi connectivity index (χ4n) is 1.49. The van der Waals surface area contributed by atoms with Gasteiger partial charge in [-0.15, -0.1) is 0 Å². The smallest absolute Gasteiger partial charge is 0.339 e. The van der Waals surface area contributed by atoms with Gasteiger partial charge < -0.3 is 10.2 Å². The van der Waals surface area contributed by atoms with E-state index in [1.54, 1.807) is 0 Å². The summed E-state index contributed by atoms with van der Waals surface area (Å²) in [5, 5.41) is 23.3. The van der Waals surface area contributed by atoms with Crippen LogP contribution < -0.4 is 0 Å². The molecule has 0 radical (unpaired) electrons. The quantitative estimate of drug-likeness (QED) is 0.445. The molecule has 2 aromatic rings. The Balaban J connectivity index is 2.83. The molecule has 2 rings (SSSR count). The number of nitrogens with one attached hydrogen (secondary N) is 1. The Morgan fingerprint density at radius 1 is 1.11 bits per heavy atom. The SMILES string of the molecule is O=C(O)c1cn[nH]c1-c1c(O)c(F)c(F)c(F)c1F. The number of halogens is 4. The van der Waals surface area contributed by atoms with E-state index >= 15 is 0 Å². The van der Waals surface area contributed by atoms with E-state index in [1.807, 2.05) is 5.10 Å². The molecule has 0 bridgehead atoms. The lowest BCUT2D eigenvalue weighted by molar-refractivity contribution is 0.0698. The molecular formula is C10H4F4N2O3. The van der Waals surface area contributed by atoms with Crippen LogP contribution in [0.25, 0.3) is 11.3 Å². The summed E-state index contributed by atoms with van der Waals surface area (Å²) < 4.78 is 52.6. The number of rotatable bonds is 2. The minimum Gasteiger partial charge on any atom is -0.504 e. The molecule has 3 N–H and O–H groups in total. The molecule has 0 atom stereocenters. The average Bonchev–Trinajstić information content (AvgIpc) is 2.83. The summed E-state index contributed by atoms with van der Waals surface area (Å²) in [4.78, 5) is 10.8. The van der Waals surface area contributed by atoms with Gasteiger partial charge in [-0.1, -0.05) is 0 Å². The Morgan fingerprint density at radius 3 is 2.26 bits per heavy atom. The van der Waals surface area contributed by atoms with Gasteiger partial charge >= 0.3 is 5.97 Å². The van der Waals surface area contributed by atoms with Crippen molar-refractivity contribution in [2.24, 2.45) is 0 Å². The maximum absolute atomic E-state index is 13.5. The fraction of sp³-hybridized carbons (Fsp3) is 0. The number of carbonyl (C=O) groups is 1. The molecule has 5 nitrogen and oxygen atoms in total. The van der Waals surface area contributed by atoms with Crippen molar-refractivity contribution in [1.29, 1.82) is 0 Å². The molecule has 0 fully saturated rings. The third-order valence-electron chi connectivity index (χ3n) is 2.36. The van der Waals surface area contributed by atoms with Crippen molar-refractivity contribution in [2.75, 3.05) is 0 Å². The highest BCUT2D eigenvalue weighted by Gasteiger charge is 2.29. The summed E-state index contributed by atoms with van der Waals surface area (Å²) in [7, 11) is 0. The third kappa shape index (κ3) is 1.79. The highest BCUT2D eigenvalue weighted by Crippen LogP contribution is 2.37. The first kappa shape index (κ1) is 12.9. The Labute approximate surface area is 102 Å². The molecule has 100 valence electrons. The number of phenolic OH excluding ortho intramolecular Hbond substituents is 1. The van der Waals surface area contributed by atoms with E-state index < -0.39 is 51.8 Å². The van der Waals surface area contributed by atoms with Gasteiger partial charge in [0.1, 0.15) is 5.56 Å². The van der Waals surface area contributed by atoms with E-state index in [0.29, 0.717) is 0 Å². The molecule has 0 aliphatic rings. The number of benzene rings is 1. The fourth-order valence-corrected chi connectivity index (χ4v) is 1.49. The van der Waals surface area contributed by atoms with E-state index in [2.05, 4.69) is 5.10 Å². The molecule has 0 unspecified atom stereocenters. The van der Waals surface area contributed by atoms with Gasteiger partial charge in [-0.05, 0) is 0 Å². The van der Waals surface area contributed by atoms with Crippen molar-refractivity contribution in [2.45, 2.75) is 0 Å². The van der Waals surface area contributed by atoms with Crippen molar-refractivity contribution in [3.05, 3.63) is 35.0 Å². The molecule has 0 aliphatic heterocycles. The van der Waals surface area contributed by atoms with Crippen molar-refractivity contribution in [3.8, 4) is 17.0 Å². The lowest BCUT2D eigenvalue weighted by atomic mass is 10.1. The maximum atomic E-state index is 13.5. The van der Waals surface area contributed by atoms with Crippen molar-refractivity contribution >= 4 is 5.97 Å². The number of nitrogens with zero attached hydrogens (tertiary/aromatic N) is 1. The zero-order valence-electron chi connectivity index (χ0n) is 8.84. The zero-order chi connectivity index (χ0) is 14.3. The van der Waals surface area contributed by atoms with Crippen LogP contribution in [-0.2, 0) is 0 Å². The predicted octanol–water partition coefficient (Wildman–Crippen LogP) is 2.04. The van der Waals surface area contributed by atoms with Crippen LogP contribution in [-0.4, -0.2) is 26.4 Å². The maximum Gasteiger partial charge on any atom is 0.339 e. The molecule has 1 heterocycles. The van der Waals surface area contributed by atoms with E-state index in [-0.39, 0.29) is 0 Å². The highest BCUT2D eigenvalue weighted by atomic mass is 19.2. The van der Waals surface area contributed by atoms with Gasteiger partial charge in [-0.2, -0.15) is 9.49 Å². The number of carboxylic acid groups (broad SMARTS) is 1. The van der Waals surface area contributed by atoms with Gasteiger partial charge in [0.15, 0.2) is 17.4 Å². The molecule has 19 heavy (non-hydrogen) atoms. The van der Waals surface area contributed by atoms with E-state index in [1.165, 1.54) is 0 Å². The van der Waals surface area contributed by atoms with Crippen LogP contribution in [0, 0.1) is 23.3 Å². The number of aromatic nitrogens is 2. The first-order chi connectivity index (χ1) is 8.86. The lowest BCUT2D eigenvalue weighted by Crippen LogP contribution is -2.03. The second kappa shape index (κ2) is 4.26. The van der Waals surface area contributed by atoms with Crippen molar-refractivity contribution < 1.29 is 32.6 Å². The van der Waals surface area contributed by atoms with Gasteiger partial charge in [-0.25, -0.2) is 18.0 Å². The van der Waals surface area contributed by atoms with Crippen molar-refractivity contribution in [3.63, 3.8) is 0 Å². The van der Waals surface area contributed by atoms with E-state index in [0.717, 1.165) is 6.20 Å². The molecule has 0 saturated carbocycles.